The Labute approximate surface area is 205 Å². The van der Waals surface area contributed by atoms with Crippen LogP contribution in [0.15, 0.2) is 182 Å². The number of hydrogen-bond acceptors (Lipinski definition) is 2. The smallest absolute Gasteiger partial charge is 0.256 e. The predicted octanol–water partition coefficient (Wildman–Crippen LogP) is 7.97. The van der Waals surface area contributed by atoms with Crippen molar-refractivity contribution in [3.8, 4) is 0 Å². The quantitative estimate of drug-likeness (QED) is 0.236. The van der Waals surface area contributed by atoms with Gasteiger partial charge < -0.3 is 9.64 Å². The Hall–Kier alpha value is -4.24. The van der Waals surface area contributed by atoms with Gasteiger partial charge in [0.05, 0.1) is 0 Å². The highest BCUT2D eigenvalue weighted by molar-refractivity contribution is 6.83. The van der Waals surface area contributed by atoms with Crippen molar-refractivity contribution in [3.63, 3.8) is 0 Å². The van der Waals surface area contributed by atoms with Gasteiger partial charge in [-0.15, -0.1) is 0 Å². The van der Waals surface area contributed by atoms with Gasteiger partial charge in [0.2, 0.25) is 0 Å². The first kappa shape index (κ1) is 26.0. The van der Waals surface area contributed by atoms with E-state index in [1.165, 1.54) is 0 Å². The molecule has 2 heterocycles. The van der Waals surface area contributed by atoms with Gasteiger partial charge in [-0.25, -0.2) is 0 Å². The van der Waals surface area contributed by atoms with Crippen molar-refractivity contribution < 1.29 is 4.74 Å². The zero-order valence-electron chi connectivity index (χ0n) is 20.0. The molecule has 2 rings (SSSR count). The molecule has 0 N–H and O–H groups in total. The summed E-state index contributed by atoms with van der Waals surface area (Å²) in [7, 11) is 0. The number of ether oxygens (including phenoxy) is 1. The minimum Gasteiger partial charge on any atom is -0.458 e. The van der Waals surface area contributed by atoms with Crippen molar-refractivity contribution in [2.45, 2.75) is 6.92 Å². The largest absolute Gasteiger partial charge is 0.458 e. The number of allylic oxidation sites excluding steroid dienone is 18. The fourth-order valence-corrected chi connectivity index (χ4v) is 4.08. The maximum Gasteiger partial charge on any atom is 0.256 e. The first-order valence-corrected chi connectivity index (χ1v) is 11.0. The van der Waals surface area contributed by atoms with Crippen molar-refractivity contribution in [2.75, 3.05) is 0 Å². The highest BCUT2D eigenvalue weighted by Crippen LogP contribution is 2.45. The van der Waals surface area contributed by atoms with E-state index in [1.807, 2.05) is 49.5 Å². The fraction of sp³-hybridized carbons (Fsp3) is 0.0323. The topological polar surface area (TPSA) is 12.5 Å². The summed E-state index contributed by atoms with van der Waals surface area (Å²) in [6.07, 6.45) is 28.1. The van der Waals surface area contributed by atoms with Gasteiger partial charge in [0.1, 0.15) is 11.5 Å². The third kappa shape index (κ3) is 5.05. The lowest BCUT2D eigenvalue weighted by atomic mass is 9.32. The van der Waals surface area contributed by atoms with Gasteiger partial charge in [-0.3, -0.25) is 0 Å². The maximum absolute atomic E-state index is 6.29. The molecule has 0 bridgehead atoms. The van der Waals surface area contributed by atoms with Gasteiger partial charge in [-0.2, -0.15) is 0 Å². The van der Waals surface area contributed by atoms with Gasteiger partial charge in [0.25, 0.3) is 6.71 Å². The Morgan fingerprint density at radius 3 is 1.88 bits per heavy atom. The normalized spacial score (nSPS) is 18.0. The van der Waals surface area contributed by atoms with Crippen molar-refractivity contribution in [3.05, 3.63) is 182 Å². The molecule has 170 valence electrons. The molecular formula is C31H32BNO. The zero-order valence-corrected chi connectivity index (χ0v) is 20.0. The third-order valence-corrected chi connectivity index (χ3v) is 5.35. The predicted molar refractivity (Wildman–Crippen MR) is 150 cm³/mol. The van der Waals surface area contributed by atoms with Gasteiger partial charge in [-0.05, 0) is 53.7 Å². The van der Waals surface area contributed by atoms with Gasteiger partial charge in [0.15, 0.2) is 0 Å². The van der Waals surface area contributed by atoms with Crippen LogP contribution in [0.4, 0.5) is 0 Å². The summed E-state index contributed by atoms with van der Waals surface area (Å²) in [6, 6.07) is 0. The average molecular weight is 445 g/mol. The molecule has 3 heteroatoms. The third-order valence-electron chi connectivity index (χ3n) is 5.35. The molecule has 0 radical (unpaired) electrons. The number of hydrogen-bond donors (Lipinski definition) is 0. The monoisotopic (exact) mass is 445 g/mol. The number of fused-ring (bicyclic) bond motifs is 1. The van der Waals surface area contributed by atoms with Crippen LogP contribution in [0.1, 0.15) is 6.92 Å². The molecule has 0 aliphatic carbocycles. The summed E-state index contributed by atoms with van der Waals surface area (Å²) >= 11 is 0. The highest BCUT2D eigenvalue weighted by atomic mass is 16.5. The summed E-state index contributed by atoms with van der Waals surface area (Å²) in [6.45, 7) is 29.5. The molecule has 0 amide bonds. The molecule has 0 aromatic carbocycles. The summed E-state index contributed by atoms with van der Waals surface area (Å²) in [5.41, 5.74) is 5.78. The van der Waals surface area contributed by atoms with Crippen LogP contribution >= 0.6 is 0 Å². The fourth-order valence-electron chi connectivity index (χ4n) is 4.08. The number of rotatable bonds is 11. The van der Waals surface area contributed by atoms with E-state index in [9.17, 15) is 0 Å². The molecule has 0 saturated heterocycles. The molecule has 34 heavy (non-hydrogen) atoms. The standard InChI is InChI=1S/C31H32BNO/c1-9-17-21-24(20-12-4)33-27(13-5)25(22-18-10-2)32-26(23-19-11-3)29(15-7)34-30(16-8)31(32)28(33)14-6/h9-23H,1-5,7-8H2,6H3/b21-17-,22-18-,23-19-,24-20+,28-14+. The van der Waals surface area contributed by atoms with Crippen LogP contribution in [0.3, 0.4) is 0 Å². The van der Waals surface area contributed by atoms with E-state index in [2.05, 4.69) is 63.1 Å². The molecule has 0 aromatic heterocycles. The minimum atomic E-state index is -0.147. The summed E-state index contributed by atoms with van der Waals surface area (Å²) in [5, 5.41) is 0. The lowest BCUT2D eigenvalue weighted by Crippen LogP contribution is -2.40. The van der Waals surface area contributed by atoms with Gasteiger partial charge >= 0.3 is 0 Å². The van der Waals surface area contributed by atoms with E-state index in [0.29, 0.717) is 11.5 Å². The Bertz CT molecular complexity index is 1160. The van der Waals surface area contributed by atoms with Crippen LogP contribution in [-0.2, 0) is 4.74 Å². The van der Waals surface area contributed by atoms with Gasteiger partial charge in [0, 0.05) is 17.1 Å². The van der Waals surface area contributed by atoms with Crippen LogP contribution in [-0.4, -0.2) is 11.6 Å². The second kappa shape index (κ2) is 12.7. The summed E-state index contributed by atoms with van der Waals surface area (Å²) < 4.78 is 6.29. The second-order valence-corrected chi connectivity index (χ2v) is 7.21. The molecule has 0 unspecified atom stereocenters. The number of nitrogens with zero attached hydrogens (tertiary/aromatic N) is 1. The molecule has 0 saturated carbocycles. The maximum atomic E-state index is 6.29. The zero-order chi connectivity index (χ0) is 25.1. The van der Waals surface area contributed by atoms with E-state index in [1.54, 1.807) is 36.5 Å². The molecule has 0 fully saturated rings. The van der Waals surface area contributed by atoms with Crippen molar-refractivity contribution in [1.29, 1.82) is 0 Å². The van der Waals surface area contributed by atoms with E-state index < -0.39 is 0 Å². The highest BCUT2D eigenvalue weighted by Gasteiger charge is 2.43. The summed E-state index contributed by atoms with van der Waals surface area (Å²) in [4.78, 5) is 2.14. The Morgan fingerprint density at radius 2 is 1.38 bits per heavy atom. The minimum absolute atomic E-state index is 0.147. The SMILES string of the molecule is C=C/C=C\C1=C(C=C)OC(C=C)=C2B1C(/C=C\C=C)=C(C=C)N(C(/C=C\C=C)=C/C=C)/C2=C/C. The molecule has 2 aliphatic rings. The lowest BCUT2D eigenvalue weighted by molar-refractivity contribution is 0.328. The van der Waals surface area contributed by atoms with E-state index >= 15 is 0 Å². The van der Waals surface area contributed by atoms with Crippen LogP contribution in [0, 0.1) is 0 Å². The Morgan fingerprint density at radius 1 is 0.765 bits per heavy atom. The van der Waals surface area contributed by atoms with Crippen molar-refractivity contribution >= 4 is 6.71 Å². The first-order valence-electron chi connectivity index (χ1n) is 11.0. The van der Waals surface area contributed by atoms with Crippen molar-refractivity contribution in [1.82, 2.24) is 4.90 Å². The lowest BCUT2D eigenvalue weighted by Gasteiger charge is -2.42. The van der Waals surface area contributed by atoms with E-state index in [4.69, 9.17) is 4.74 Å². The Kier molecular flexibility index (Phi) is 9.73. The molecule has 2 aliphatic heterocycles. The van der Waals surface area contributed by atoms with E-state index in [-0.39, 0.29) is 6.71 Å². The summed E-state index contributed by atoms with van der Waals surface area (Å²) in [5.74, 6) is 1.35. The van der Waals surface area contributed by atoms with Crippen molar-refractivity contribution in [2.24, 2.45) is 0 Å². The Balaban J connectivity index is 3.12. The van der Waals surface area contributed by atoms with Crippen LogP contribution in [0.2, 0.25) is 0 Å². The molecule has 0 aromatic rings. The first-order chi connectivity index (χ1) is 16.6. The van der Waals surface area contributed by atoms with Crippen LogP contribution in [0.25, 0.3) is 0 Å². The molecular weight excluding hydrogens is 413 g/mol. The van der Waals surface area contributed by atoms with Crippen LogP contribution < -0.4 is 0 Å². The van der Waals surface area contributed by atoms with Gasteiger partial charge in [-0.1, -0.05) is 107 Å². The second-order valence-electron chi connectivity index (χ2n) is 7.21. The molecule has 0 spiro atoms. The molecule has 2 nitrogen and oxygen atoms in total. The average Bonchev–Trinajstić information content (AvgIpc) is 2.86. The molecule has 0 atom stereocenters. The van der Waals surface area contributed by atoms with E-state index in [0.717, 1.165) is 33.5 Å². The van der Waals surface area contributed by atoms with Crippen LogP contribution in [0.5, 0.6) is 0 Å².